The SMILES string of the molecule is Cc1cccc(C2CC(N[C@H]3CCCN(c4nccn(C)c4=O)C3)C2)c1. The Balaban J connectivity index is 1.34. The van der Waals surface area contributed by atoms with Gasteiger partial charge in [-0.25, -0.2) is 4.98 Å². The fourth-order valence-corrected chi connectivity index (χ4v) is 4.29. The van der Waals surface area contributed by atoms with Gasteiger partial charge in [-0.1, -0.05) is 29.8 Å². The van der Waals surface area contributed by atoms with Gasteiger partial charge in [0.15, 0.2) is 5.82 Å². The fraction of sp³-hybridized carbons (Fsp3) is 0.524. The van der Waals surface area contributed by atoms with E-state index in [0.717, 1.165) is 19.5 Å². The summed E-state index contributed by atoms with van der Waals surface area (Å²) in [6, 6.07) is 9.94. The second kappa shape index (κ2) is 7.23. The van der Waals surface area contributed by atoms with Crippen molar-refractivity contribution >= 4 is 5.82 Å². The molecule has 1 N–H and O–H groups in total. The minimum atomic E-state index is -0.00342. The Hall–Kier alpha value is -2.14. The standard InChI is InChI=1S/C21H28N4O/c1-15-5-3-6-16(11-15)17-12-19(13-17)23-18-7-4-9-25(14-18)20-21(26)24(2)10-8-22-20/h3,5-6,8,10-11,17-19,23H,4,7,9,12-14H2,1-2H3/t17?,18-,19?/m0/s1. The molecule has 0 spiro atoms. The molecule has 2 aromatic rings. The highest BCUT2D eigenvalue weighted by molar-refractivity contribution is 5.36. The van der Waals surface area contributed by atoms with Crippen molar-refractivity contribution in [3.05, 3.63) is 58.1 Å². The van der Waals surface area contributed by atoms with Gasteiger partial charge in [0.05, 0.1) is 0 Å². The lowest BCUT2D eigenvalue weighted by molar-refractivity contribution is 0.251. The lowest BCUT2D eigenvalue weighted by Gasteiger charge is -2.41. The van der Waals surface area contributed by atoms with Crippen molar-refractivity contribution in [3.8, 4) is 0 Å². The monoisotopic (exact) mass is 352 g/mol. The van der Waals surface area contributed by atoms with Crippen LogP contribution in [0, 0.1) is 6.92 Å². The van der Waals surface area contributed by atoms with Crippen molar-refractivity contribution in [3.63, 3.8) is 0 Å². The van der Waals surface area contributed by atoms with E-state index in [1.165, 1.54) is 30.4 Å². The van der Waals surface area contributed by atoms with Crippen LogP contribution in [0.5, 0.6) is 0 Å². The van der Waals surface area contributed by atoms with Gasteiger partial charge < -0.3 is 14.8 Å². The minimum absolute atomic E-state index is 0.00342. The first kappa shape index (κ1) is 17.3. The number of aromatic nitrogens is 2. The van der Waals surface area contributed by atoms with Crippen LogP contribution in [0.25, 0.3) is 0 Å². The van der Waals surface area contributed by atoms with E-state index in [2.05, 4.69) is 46.4 Å². The molecule has 2 aliphatic rings. The number of hydrogen-bond donors (Lipinski definition) is 1. The zero-order valence-electron chi connectivity index (χ0n) is 15.7. The lowest BCUT2D eigenvalue weighted by atomic mass is 9.75. The maximum absolute atomic E-state index is 12.3. The summed E-state index contributed by atoms with van der Waals surface area (Å²) >= 11 is 0. The van der Waals surface area contributed by atoms with Crippen LogP contribution < -0.4 is 15.8 Å². The van der Waals surface area contributed by atoms with Gasteiger partial charge >= 0.3 is 0 Å². The number of rotatable bonds is 4. The maximum Gasteiger partial charge on any atom is 0.293 e. The Morgan fingerprint density at radius 2 is 2.08 bits per heavy atom. The third-order valence-corrected chi connectivity index (χ3v) is 5.84. The van der Waals surface area contributed by atoms with E-state index in [-0.39, 0.29) is 5.56 Å². The van der Waals surface area contributed by atoms with Gasteiger partial charge in [-0.05, 0) is 44.1 Å². The van der Waals surface area contributed by atoms with Crippen molar-refractivity contribution in [2.24, 2.45) is 7.05 Å². The summed E-state index contributed by atoms with van der Waals surface area (Å²) in [5.41, 5.74) is 2.82. The van der Waals surface area contributed by atoms with Gasteiger partial charge in [-0.2, -0.15) is 0 Å². The number of nitrogens with zero attached hydrogens (tertiary/aromatic N) is 3. The Labute approximate surface area is 155 Å². The van der Waals surface area contributed by atoms with Crippen LogP contribution in [0.15, 0.2) is 41.5 Å². The van der Waals surface area contributed by atoms with Crippen LogP contribution in [0.2, 0.25) is 0 Å². The van der Waals surface area contributed by atoms with Gasteiger partial charge in [0.2, 0.25) is 0 Å². The van der Waals surface area contributed by atoms with Gasteiger partial charge in [0, 0.05) is 44.6 Å². The van der Waals surface area contributed by atoms with E-state index in [1.54, 1.807) is 24.0 Å². The van der Waals surface area contributed by atoms with E-state index < -0.39 is 0 Å². The van der Waals surface area contributed by atoms with Crippen LogP contribution in [0.4, 0.5) is 5.82 Å². The molecule has 1 atom stereocenters. The molecule has 5 heteroatoms. The van der Waals surface area contributed by atoms with Crippen molar-refractivity contribution in [1.29, 1.82) is 0 Å². The summed E-state index contributed by atoms with van der Waals surface area (Å²) in [5.74, 6) is 1.28. The maximum atomic E-state index is 12.3. The first-order valence-corrected chi connectivity index (χ1v) is 9.69. The van der Waals surface area contributed by atoms with Crippen LogP contribution >= 0.6 is 0 Å². The van der Waals surface area contributed by atoms with Crippen LogP contribution in [-0.2, 0) is 7.05 Å². The summed E-state index contributed by atoms with van der Waals surface area (Å²) in [6.45, 7) is 3.95. The van der Waals surface area contributed by atoms with E-state index in [4.69, 9.17) is 0 Å². The third-order valence-electron chi connectivity index (χ3n) is 5.84. The van der Waals surface area contributed by atoms with E-state index in [9.17, 15) is 4.79 Å². The number of anilines is 1. The highest BCUT2D eigenvalue weighted by Crippen LogP contribution is 2.37. The fourth-order valence-electron chi connectivity index (χ4n) is 4.29. The third kappa shape index (κ3) is 3.54. The smallest absolute Gasteiger partial charge is 0.293 e. The lowest BCUT2D eigenvalue weighted by Crippen LogP contribution is -2.53. The Kier molecular flexibility index (Phi) is 4.81. The molecule has 4 rings (SSSR count). The molecule has 2 fully saturated rings. The molecule has 0 bridgehead atoms. The van der Waals surface area contributed by atoms with E-state index in [1.807, 2.05) is 0 Å². The molecule has 2 heterocycles. The first-order valence-electron chi connectivity index (χ1n) is 9.69. The van der Waals surface area contributed by atoms with Gasteiger partial charge in [-0.15, -0.1) is 0 Å². The highest BCUT2D eigenvalue weighted by Gasteiger charge is 2.33. The molecule has 1 aliphatic carbocycles. The molecule has 1 saturated carbocycles. The van der Waals surface area contributed by atoms with Crippen molar-refractivity contribution in [2.45, 2.75) is 50.6 Å². The number of piperidine rings is 1. The molecule has 1 aromatic carbocycles. The molecule has 0 unspecified atom stereocenters. The second-order valence-electron chi connectivity index (χ2n) is 7.90. The number of aryl methyl sites for hydroxylation is 2. The van der Waals surface area contributed by atoms with E-state index in [0.29, 0.717) is 23.8 Å². The highest BCUT2D eigenvalue weighted by atomic mass is 16.1. The Morgan fingerprint density at radius 3 is 2.88 bits per heavy atom. The largest absolute Gasteiger partial charge is 0.350 e. The molecule has 0 amide bonds. The van der Waals surface area contributed by atoms with Crippen molar-refractivity contribution in [1.82, 2.24) is 14.9 Å². The molecular formula is C21H28N4O. The topological polar surface area (TPSA) is 50.2 Å². The van der Waals surface area contributed by atoms with Crippen LogP contribution in [0.1, 0.15) is 42.7 Å². The molecular weight excluding hydrogens is 324 g/mol. The summed E-state index contributed by atoms with van der Waals surface area (Å²) in [6.07, 6.45) is 8.13. The van der Waals surface area contributed by atoms with Crippen LogP contribution in [-0.4, -0.2) is 34.7 Å². The van der Waals surface area contributed by atoms with Gasteiger partial charge in [0.25, 0.3) is 5.56 Å². The summed E-state index contributed by atoms with van der Waals surface area (Å²) < 4.78 is 1.61. The molecule has 5 nitrogen and oxygen atoms in total. The quantitative estimate of drug-likeness (QED) is 0.919. The summed E-state index contributed by atoms with van der Waals surface area (Å²) in [7, 11) is 1.78. The number of benzene rings is 1. The normalized spacial score (nSPS) is 25.8. The average Bonchev–Trinajstić information content (AvgIpc) is 2.60. The predicted octanol–water partition coefficient (Wildman–Crippen LogP) is 2.59. The molecule has 26 heavy (non-hydrogen) atoms. The molecule has 1 saturated heterocycles. The van der Waals surface area contributed by atoms with E-state index >= 15 is 0 Å². The van der Waals surface area contributed by atoms with Crippen LogP contribution in [0.3, 0.4) is 0 Å². The minimum Gasteiger partial charge on any atom is -0.350 e. The summed E-state index contributed by atoms with van der Waals surface area (Å²) in [4.78, 5) is 18.8. The first-order chi connectivity index (χ1) is 12.6. The van der Waals surface area contributed by atoms with Gasteiger partial charge in [-0.3, -0.25) is 4.79 Å². The Morgan fingerprint density at radius 1 is 1.23 bits per heavy atom. The Bertz CT molecular complexity index is 825. The molecule has 1 aromatic heterocycles. The zero-order chi connectivity index (χ0) is 18.1. The van der Waals surface area contributed by atoms with Crippen molar-refractivity contribution < 1.29 is 0 Å². The molecule has 138 valence electrons. The average molecular weight is 352 g/mol. The number of nitrogens with one attached hydrogen (secondary N) is 1. The van der Waals surface area contributed by atoms with Gasteiger partial charge in [0.1, 0.15) is 0 Å². The molecule has 1 aliphatic heterocycles. The predicted molar refractivity (Wildman–Crippen MR) is 105 cm³/mol. The zero-order valence-corrected chi connectivity index (χ0v) is 15.7. The summed E-state index contributed by atoms with van der Waals surface area (Å²) in [5, 5.41) is 3.83. The van der Waals surface area contributed by atoms with Crippen molar-refractivity contribution in [2.75, 3.05) is 18.0 Å². The second-order valence-corrected chi connectivity index (χ2v) is 7.90. The molecule has 0 radical (unpaired) electrons. The number of hydrogen-bond acceptors (Lipinski definition) is 4.